The first kappa shape index (κ1) is 20.6. The van der Waals surface area contributed by atoms with Crippen molar-refractivity contribution >= 4 is 5.91 Å². The van der Waals surface area contributed by atoms with Crippen LogP contribution in [0.15, 0.2) is 54.6 Å². The average Bonchev–Trinajstić information content (AvgIpc) is 2.97. The van der Waals surface area contributed by atoms with Crippen LogP contribution < -0.4 is 5.32 Å². The Hall–Kier alpha value is -2.17. The quantitative estimate of drug-likeness (QED) is 0.821. The smallest absolute Gasteiger partial charge is 0.226 e. The van der Waals surface area contributed by atoms with Gasteiger partial charge >= 0.3 is 0 Å². The predicted octanol–water partition coefficient (Wildman–Crippen LogP) is 4.63. The molecule has 2 aromatic rings. The first-order valence-corrected chi connectivity index (χ1v) is 10.0. The number of benzene rings is 2. The molecule has 0 saturated carbocycles. The lowest BCUT2D eigenvalue weighted by atomic mass is 9.90. The summed E-state index contributed by atoms with van der Waals surface area (Å²) in [5, 5.41) is 3.25. The minimum atomic E-state index is -0.468. The van der Waals surface area contributed by atoms with E-state index in [0.717, 1.165) is 16.7 Å². The average molecular weight is 382 g/mol. The third-order valence-electron chi connectivity index (χ3n) is 5.24. The Morgan fingerprint density at radius 1 is 0.964 bits per heavy atom. The summed E-state index contributed by atoms with van der Waals surface area (Å²) in [5.41, 5.74) is 2.79. The van der Waals surface area contributed by atoms with Crippen molar-refractivity contribution in [1.29, 1.82) is 0 Å². The van der Waals surface area contributed by atoms with Gasteiger partial charge in [0.15, 0.2) is 6.29 Å². The maximum Gasteiger partial charge on any atom is 0.226 e. The Kier molecular flexibility index (Phi) is 6.21. The monoisotopic (exact) mass is 381 g/mol. The van der Waals surface area contributed by atoms with Crippen LogP contribution in [0.4, 0.5) is 0 Å². The Balaban J connectivity index is 1.93. The van der Waals surface area contributed by atoms with Crippen LogP contribution >= 0.6 is 0 Å². The summed E-state index contributed by atoms with van der Waals surface area (Å²) < 4.78 is 11.9. The molecule has 0 spiro atoms. The highest BCUT2D eigenvalue weighted by Gasteiger charge is 2.31. The number of carbonyl (C=O) groups is 1. The lowest BCUT2D eigenvalue weighted by Crippen LogP contribution is -2.38. The van der Waals surface area contributed by atoms with Gasteiger partial charge in [0.2, 0.25) is 5.91 Å². The van der Waals surface area contributed by atoms with E-state index in [2.05, 4.69) is 29.6 Å². The zero-order valence-corrected chi connectivity index (χ0v) is 17.4. The van der Waals surface area contributed by atoms with E-state index in [1.54, 1.807) is 0 Å². The number of hydrogen-bond donors (Lipinski definition) is 1. The summed E-state index contributed by atoms with van der Waals surface area (Å²) in [5.74, 6) is 0.0202. The van der Waals surface area contributed by atoms with E-state index in [-0.39, 0.29) is 30.4 Å². The molecule has 1 saturated heterocycles. The van der Waals surface area contributed by atoms with Crippen LogP contribution in [-0.4, -0.2) is 24.4 Å². The fourth-order valence-corrected chi connectivity index (χ4v) is 3.34. The number of ether oxygens (including phenoxy) is 2. The fraction of sp³-hybridized carbons (Fsp3) is 0.458. The van der Waals surface area contributed by atoms with E-state index in [1.807, 2.05) is 65.0 Å². The van der Waals surface area contributed by atoms with Gasteiger partial charge in [0.05, 0.1) is 18.2 Å². The number of rotatable bonds is 5. The molecule has 1 fully saturated rings. The normalized spacial score (nSPS) is 21.5. The van der Waals surface area contributed by atoms with E-state index < -0.39 is 5.41 Å². The fourth-order valence-electron chi connectivity index (χ4n) is 3.34. The molecule has 0 aromatic heterocycles. The molecule has 0 radical (unpaired) electrons. The first-order chi connectivity index (χ1) is 13.3. The maximum atomic E-state index is 12.8. The van der Waals surface area contributed by atoms with Gasteiger partial charge in [0.25, 0.3) is 0 Å². The molecule has 1 aliphatic rings. The Labute approximate surface area is 168 Å². The second-order valence-electron chi connectivity index (χ2n) is 8.58. The predicted molar refractivity (Wildman–Crippen MR) is 111 cm³/mol. The van der Waals surface area contributed by atoms with Gasteiger partial charge in [-0.15, -0.1) is 0 Å². The molecule has 1 aliphatic heterocycles. The van der Waals surface area contributed by atoms with Gasteiger partial charge in [-0.2, -0.15) is 0 Å². The highest BCUT2D eigenvalue weighted by molar-refractivity contribution is 5.82. The molecular weight excluding hydrogens is 350 g/mol. The van der Waals surface area contributed by atoms with Gasteiger partial charge in [-0.3, -0.25) is 4.79 Å². The van der Waals surface area contributed by atoms with Gasteiger partial charge in [-0.25, -0.2) is 0 Å². The second kappa shape index (κ2) is 8.46. The molecule has 150 valence electrons. The number of carbonyl (C=O) groups excluding carboxylic acids is 1. The van der Waals surface area contributed by atoms with Crippen molar-refractivity contribution in [3.05, 3.63) is 71.3 Å². The van der Waals surface area contributed by atoms with Crippen LogP contribution in [-0.2, 0) is 20.7 Å². The van der Waals surface area contributed by atoms with Crippen molar-refractivity contribution < 1.29 is 14.3 Å². The van der Waals surface area contributed by atoms with Crippen molar-refractivity contribution in [2.75, 3.05) is 0 Å². The molecule has 2 aromatic carbocycles. The van der Waals surface area contributed by atoms with Crippen molar-refractivity contribution in [3.63, 3.8) is 0 Å². The lowest BCUT2D eigenvalue weighted by Gasteiger charge is -2.27. The molecule has 1 N–H and O–H groups in total. The summed E-state index contributed by atoms with van der Waals surface area (Å²) in [7, 11) is 0. The standard InChI is InChI=1S/C24H31NO3/c1-16-17(2)28-21(27-16)15-19-13-9-10-14-20(19)22(18-11-7-6-8-12-18)25-23(26)24(3,4)5/h6-14,16-17,21-22H,15H2,1-5H3,(H,25,26)/t16-,17-,22+/m1/s1. The van der Waals surface area contributed by atoms with Crippen LogP contribution in [0.1, 0.15) is 57.4 Å². The highest BCUT2D eigenvalue weighted by atomic mass is 16.7. The Bertz CT molecular complexity index is 787. The van der Waals surface area contributed by atoms with Gasteiger partial charge in [0, 0.05) is 11.8 Å². The molecule has 4 heteroatoms. The van der Waals surface area contributed by atoms with Crippen molar-refractivity contribution in [2.24, 2.45) is 5.41 Å². The number of hydrogen-bond acceptors (Lipinski definition) is 3. The minimum absolute atomic E-state index is 0.0202. The third-order valence-corrected chi connectivity index (χ3v) is 5.24. The van der Waals surface area contributed by atoms with Crippen molar-refractivity contribution in [1.82, 2.24) is 5.32 Å². The van der Waals surface area contributed by atoms with Crippen LogP contribution in [0.2, 0.25) is 0 Å². The summed E-state index contributed by atoms with van der Waals surface area (Å²) >= 11 is 0. The molecule has 0 bridgehead atoms. The van der Waals surface area contributed by atoms with Crippen LogP contribution in [0.3, 0.4) is 0 Å². The summed E-state index contributed by atoms with van der Waals surface area (Å²) in [6.45, 7) is 9.86. The minimum Gasteiger partial charge on any atom is -0.347 e. The molecular formula is C24H31NO3. The van der Waals surface area contributed by atoms with E-state index >= 15 is 0 Å². The number of amides is 1. The van der Waals surface area contributed by atoms with Gasteiger partial charge in [-0.05, 0) is 30.5 Å². The largest absolute Gasteiger partial charge is 0.347 e. The SMILES string of the molecule is C[C@H]1OC(Cc2ccccc2[C@@H](NC(=O)C(C)(C)C)c2ccccc2)O[C@@H]1C. The van der Waals surface area contributed by atoms with Crippen molar-refractivity contribution in [2.45, 2.75) is 65.6 Å². The van der Waals surface area contributed by atoms with Crippen LogP contribution in [0.5, 0.6) is 0 Å². The van der Waals surface area contributed by atoms with E-state index in [0.29, 0.717) is 6.42 Å². The molecule has 0 aliphatic carbocycles. The third kappa shape index (κ3) is 4.81. The molecule has 3 atom stereocenters. The Morgan fingerprint density at radius 2 is 1.54 bits per heavy atom. The number of nitrogens with one attached hydrogen (secondary N) is 1. The molecule has 4 nitrogen and oxygen atoms in total. The van der Waals surface area contributed by atoms with Gasteiger partial charge in [-0.1, -0.05) is 75.4 Å². The van der Waals surface area contributed by atoms with Crippen LogP contribution in [0.25, 0.3) is 0 Å². The topological polar surface area (TPSA) is 47.6 Å². The zero-order chi connectivity index (χ0) is 20.3. The molecule has 1 amide bonds. The van der Waals surface area contributed by atoms with Crippen LogP contribution in [0, 0.1) is 5.41 Å². The first-order valence-electron chi connectivity index (χ1n) is 10.0. The second-order valence-corrected chi connectivity index (χ2v) is 8.58. The summed E-state index contributed by atoms with van der Waals surface area (Å²) in [4.78, 5) is 12.8. The highest BCUT2D eigenvalue weighted by Crippen LogP contribution is 2.30. The molecule has 3 rings (SSSR count). The van der Waals surface area contributed by atoms with Gasteiger partial charge in [0.1, 0.15) is 0 Å². The van der Waals surface area contributed by atoms with E-state index in [4.69, 9.17) is 9.47 Å². The lowest BCUT2D eigenvalue weighted by molar-refractivity contribution is -0.129. The summed E-state index contributed by atoms with van der Waals surface area (Å²) in [6, 6.07) is 18.1. The summed E-state index contributed by atoms with van der Waals surface area (Å²) in [6.07, 6.45) is 0.561. The van der Waals surface area contributed by atoms with E-state index in [1.165, 1.54) is 0 Å². The van der Waals surface area contributed by atoms with E-state index in [9.17, 15) is 4.79 Å². The molecule has 28 heavy (non-hydrogen) atoms. The van der Waals surface area contributed by atoms with Gasteiger partial charge < -0.3 is 14.8 Å². The maximum absolute atomic E-state index is 12.8. The molecule has 1 heterocycles. The zero-order valence-electron chi connectivity index (χ0n) is 17.4. The van der Waals surface area contributed by atoms with Crippen molar-refractivity contribution in [3.8, 4) is 0 Å². The molecule has 0 unspecified atom stereocenters. The Morgan fingerprint density at radius 3 is 2.14 bits per heavy atom.